The van der Waals surface area contributed by atoms with Crippen LogP contribution in [-0.4, -0.2) is 25.1 Å². The number of hydrogen-bond donors (Lipinski definition) is 2. The Morgan fingerprint density at radius 3 is 2.67 bits per heavy atom. The fraction of sp³-hybridized carbons (Fsp3) is 0.200. The molecule has 0 spiro atoms. The largest absolute Gasteiger partial charge is 0.433 e. The lowest BCUT2D eigenvalue weighted by molar-refractivity contribution is -0.141. The zero-order valence-corrected chi connectivity index (χ0v) is 12.6. The molecule has 0 atom stereocenters. The molecule has 0 amide bonds. The summed E-state index contributed by atoms with van der Waals surface area (Å²) in [5, 5.41) is 9.63. The third kappa shape index (κ3) is 3.67. The van der Waals surface area contributed by atoms with Crippen molar-refractivity contribution in [2.75, 3.05) is 5.32 Å². The smallest absolute Gasteiger partial charge is 0.364 e. The minimum Gasteiger partial charge on any atom is -0.364 e. The van der Waals surface area contributed by atoms with E-state index in [1.54, 1.807) is 18.2 Å². The zero-order chi connectivity index (χ0) is 17.2. The number of nitrogens with one attached hydrogen (secondary N) is 2. The summed E-state index contributed by atoms with van der Waals surface area (Å²) in [5.41, 5.74) is 0.920. The van der Waals surface area contributed by atoms with Crippen molar-refractivity contribution in [1.29, 1.82) is 0 Å². The molecular weight excluding hydrogens is 321 g/mol. The van der Waals surface area contributed by atoms with E-state index in [4.69, 9.17) is 0 Å². The standard InChI is InChI=1S/C15H13F3N6/c1-9-5-11(24-23-9)8-20-13-6-12(15(16,17)18)21-14(22-13)10-3-2-4-19-7-10/h2-7H,8H2,1H3,(H,23,24)(H,20,21,22). The number of aromatic amines is 1. The zero-order valence-electron chi connectivity index (χ0n) is 12.6. The van der Waals surface area contributed by atoms with Gasteiger partial charge in [-0.3, -0.25) is 10.1 Å². The van der Waals surface area contributed by atoms with Gasteiger partial charge in [-0.25, -0.2) is 9.97 Å². The Balaban J connectivity index is 1.92. The van der Waals surface area contributed by atoms with Gasteiger partial charge in [0, 0.05) is 29.7 Å². The maximum absolute atomic E-state index is 13.1. The number of alkyl halides is 3. The van der Waals surface area contributed by atoms with E-state index in [9.17, 15) is 13.2 Å². The molecule has 0 unspecified atom stereocenters. The van der Waals surface area contributed by atoms with E-state index < -0.39 is 11.9 Å². The van der Waals surface area contributed by atoms with Crippen LogP contribution in [0.5, 0.6) is 0 Å². The van der Waals surface area contributed by atoms with E-state index in [-0.39, 0.29) is 18.2 Å². The Morgan fingerprint density at radius 1 is 1.21 bits per heavy atom. The van der Waals surface area contributed by atoms with Gasteiger partial charge in [0.1, 0.15) is 5.82 Å². The predicted molar refractivity (Wildman–Crippen MR) is 80.9 cm³/mol. The first-order chi connectivity index (χ1) is 11.4. The predicted octanol–water partition coefficient (Wildman–Crippen LogP) is 3.20. The summed E-state index contributed by atoms with van der Waals surface area (Å²) in [5.74, 6) is 0.0236. The van der Waals surface area contributed by atoms with E-state index >= 15 is 0 Å². The highest BCUT2D eigenvalue weighted by molar-refractivity contribution is 5.56. The van der Waals surface area contributed by atoms with Crippen molar-refractivity contribution >= 4 is 5.82 Å². The van der Waals surface area contributed by atoms with E-state index in [1.165, 1.54) is 12.4 Å². The Hall–Kier alpha value is -2.97. The maximum Gasteiger partial charge on any atom is 0.433 e. The summed E-state index contributed by atoms with van der Waals surface area (Å²) in [6.45, 7) is 2.08. The van der Waals surface area contributed by atoms with Crippen molar-refractivity contribution < 1.29 is 13.2 Å². The van der Waals surface area contributed by atoms with Gasteiger partial charge in [-0.05, 0) is 25.1 Å². The van der Waals surface area contributed by atoms with Crippen molar-refractivity contribution in [1.82, 2.24) is 25.1 Å². The number of nitrogens with zero attached hydrogens (tertiary/aromatic N) is 4. The van der Waals surface area contributed by atoms with Crippen LogP contribution in [0, 0.1) is 6.92 Å². The molecule has 2 N–H and O–H groups in total. The molecule has 0 aliphatic rings. The monoisotopic (exact) mass is 334 g/mol. The van der Waals surface area contributed by atoms with Crippen molar-refractivity contribution in [3.05, 3.63) is 53.7 Å². The second-order valence-corrected chi connectivity index (χ2v) is 5.10. The molecule has 0 fully saturated rings. The topological polar surface area (TPSA) is 79.4 Å². The van der Waals surface area contributed by atoms with Crippen molar-refractivity contribution in [2.45, 2.75) is 19.6 Å². The Morgan fingerprint density at radius 2 is 2.04 bits per heavy atom. The summed E-state index contributed by atoms with van der Waals surface area (Å²) >= 11 is 0. The molecule has 0 aromatic carbocycles. The van der Waals surface area contributed by atoms with Gasteiger partial charge in [0.15, 0.2) is 11.5 Å². The van der Waals surface area contributed by atoms with Gasteiger partial charge in [-0.2, -0.15) is 18.3 Å². The molecule has 6 nitrogen and oxygen atoms in total. The van der Waals surface area contributed by atoms with Gasteiger partial charge in [0.25, 0.3) is 0 Å². The molecule has 0 aliphatic carbocycles. The molecule has 0 saturated carbocycles. The van der Waals surface area contributed by atoms with Crippen LogP contribution in [0.15, 0.2) is 36.7 Å². The average Bonchev–Trinajstić information content (AvgIpc) is 2.98. The molecular formula is C15H13F3N6. The second kappa shape index (κ2) is 6.26. The molecule has 0 aliphatic heterocycles. The highest BCUT2D eigenvalue weighted by Gasteiger charge is 2.33. The average molecular weight is 334 g/mol. The van der Waals surface area contributed by atoms with E-state index in [0.717, 1.165) is 11.8 Å². The minimum absolute atomic E-state index is 0.0429. The summed E-state index contributed by atoms with van der Waals surface area (Å²) in [6.07, 6.45) is -1.63. The lowest BCUT2D eigenvalue weighted by atomic mass is 10.2. The van der Waals surface area contributed by atoms with Gasteiger partial charge in [0.05, 0.1) is 12.2 Å². The fourth-order valence-electron chi connectivity index (χ4n) is 2.05. The molecule has 3 aromatic heterocycles. The summed E-state index contributed by atoms with van der Waals surface area (Å²) in [7, 11) is 0. The minimum atomic E-state index is -4.57. The summed E-state index contributed by atoms with van der Waals surface area (Å²) in [6, 6.07) is 5.88. The van der Waals surface area contributed by atoms with Crippen LogP contribution >= 0.6 is 0 Å². The Bertz CT molecular complexity index is 829. The summed E-state index contributed by atoms with van der Waals surface area (Å²) in [4.78, 5) is 11.6. The molecule has 0 radical (unpaired) electrons. The highest BCUT2D eigenvalue weighted by atomic mass is 19.4. The van der Waals surface area contributed by atoms with Crippen molar-refractivity contribution in [2.24, 2.45) is 0 Å². The number of rotatable bonds is 4. The molecule has 3 rings (SSSR count). The van der Waals surface area contributed by atoms with Gasteiger partial charge in [-0.15, -0.1) is 0 Å². The lowest BCUT2D eigenvalue weighted by Gasteiger charge is -2.11. The van der Waals surface area contributed by atoms with Crippen LogP contribution in [0.1, 0.15) is 17.1 Å². The third-order valence-corrected chi connectivity index (χ3v) is 3.15. The summed E-state index contributed by atoms with van der Waals surface area (Å²) < 4.78 is 39.2. The van der Waals surface area contributed by atoms with E-state index in [0.29, 0.717) is 11.3 Å². The van der Waals surface area contributed by atoms with Crippen LogP contribution in [0.2, 0.25) is 0 Å². The van der Waals surface area contributed by atoms with Gasteiger partial charge in [0.2, 0.25) is 0 Å². The van der Waals surface area contributed by atoms with Crippen LogP contribution < -0.4 is 5.32 Å². The quantitative estimate of drug-likeness (QED) is 0.766. The lowest BCUT2D eigenvalue weighted by Crippen LogP contribution is -2.12. The number of halogens is 3. The number of H-pyrrole nitrogens is 1. The molecule has 0 saturated heterocycles. The molecule has 0 bridgehead atoms. The number of aromatic nitrogens is 5. The molecule has 9 heteroatoms. The van der Waals surface area contributed by atoms with Gasteiger partial charge >= 0.3 is 6.18 Å². The van der Waals surface area contributed by atoms with Crippen LogP contribution in [0.25, 0.3) is 11.4 Å². The van der Waals surface area contributed by atoms with Crippen LogP contribution in [-0.2, 0) is 12.7 Å². The van der Waals surface area contributed by atoms with E-state index in [2.05, 4.69) is 30.5 Å². The van der Waals surface area contributed by atoms with Crippen LogP contribution in [0.3, 0.4) is 0 Å². The van der Waals surface area contributed by atoms with Gasteiger partial charge in [-0.1, -0.05) is 0 Å². The first-order valence-electron chi connectivity index (χ1n) is 7.03. The highest BCUT2D eigenvalue weighted by Crippen LogP contribution is 2.30. The first-order valence-corrected chi connectivity index (χ1v) is 7.03. The normalized spacial score (nSPS) is 11.5. The number of anilines is 1. The van der Waals surface area contributed by atoms with Crippen molar-refractivity contribution in [3.8, 4) is 11.4 Å². The second-order valence-electron chi connectivity index (χ2n) is 5.10. The Kier molecular flexibility index (Phi) is 4.15. The van der Waals surface area contributed by atoms with Crippen LogP contribution in [0.4, 0.5) is 19.0 Å². The molecule has 3 heterocycles. The van der Waals surface area contributed by atoms with Gasteiger partial charge < -0.3 is 5.32 Å². The Labute approximate surface area is 135 Å². The SMILES string of the molecule is Cc1cc(CNc2cc(C(F)(F)F)nc(-c3cccnc3)n2)n[nH]1. The first kappa shape index (κ1) is 15.9. The third-order valence-electron chi connectivity index (χ3n) is 3.15. The molecule has 3 aromatic rings. The number of aryl methyl sites for hydroxylation is 1. The molecule has 124 valence electrons. The maximum atomic E-state index is 13.1. The number of pyridine rings is 1. The fourth-order valence-corrected chi connectivity index (χ4v) is 2.05. The molecule has 24 heavy (non-hydrogen) atoms. The number of hydrogen-bond acceptors (Lipinski definition) is 5. The van der Waals surface area contributed by atoms with E-state index in [1.807, 2.05) is 6.92 Å². The van der Waals surface area contributed by atoms with Crippen molar-refractivity contribution in [3.63, 3.8) is 0 Å².